The van der Waals surface area contributed by atoms with Crippen molar-refractivity contribution in [1.29, 1.82) is 0 Å². The zero-order chi connectivity index (χ0) is 20.0. The van der Waals surface area contributed by atoms with Crippen molar-refractivity contribution in [2.24, 2.45) is 0 Å². The maximum absolute atomic E-state index is 13.8. The van der Waals surface area contributed by atoms with Gasteiger partial charge in [-0.25, -0.2) is 18.7 Å². The monoisotopic (exact) mass is 442 g/mol. The highest BCUT2D eigenvalue weighted by Gasteiger charge is 2.18. The molecule has 4 nitrogen and oxygen atoms in total. The van der Waals surface area contributed by atoms with Gasteiger partial charge in [0.2, 0.25) is 0 Å². The summed E-state index contributed by atoms with van der Waals surface area (Å²) in [6, 6.07) is 9.79. The SMILES string of the molecule is Cc1cc(Nc2ncnc3c2c(C)c(C)n3-c2ccc(F)c(F)c2)ccc1Br. The van der Waals surface area contributed by atoms with Crippen LogP contribution in [-0.2, 0) is 0 Å². The van der Waals surface area contributed by atoms with Gasteiger partial charge in [0, 0.05) is 21.9 Å². The van der Waals surface area contributed by atoms with Gasteiger partial charge in [-0.15, -0.1) is 0 Å². The lowest BCUT2D eigenvalue weighted by molar-refractivity contribution is 0.508. The Labute approximate surface area is 169 Å². The molecule has 0 aliphatic rings. The first kappa shape index (κ1) is 18.6. The third-order valence-electron chi connectivity index (χ3n) is 4.87. The number of hydrogen-bond donors (Lipinski definition) is 1. The van der Waals surface area contributed by atoms with E-state index in [-0.39, 0.29) is 0 Å². The van der Waals surface area contributed by atoms with E-state index in [1.165, 1.54) is 18.5 Å². The molecule has 0 fully saturated rings. The molecule has 0 saturated carbocycles. The number of nitrogens with zero attached hydrogens (tertiary/aromatic N) is 3. The number of benzene rings is 2. The fraction of sp³-hybridized carbons (Fsp3) is 0.143. The maximum Gasteiger partial charge on any atom is 0.160 e. The van der Waals surface area contributed by atoms with Crippen LogP contribution in [0.5, 0.6) is 0 Å². The van der Waals surface area contributed by atoms with Gasteiger partial charge in [0.1, 0.15) is 12.1 Å². The Hall–Kier alpha value is -2.80. The number of halogens is 3. The van der Waals surface area contributed by atoms with Crippen molar-refractivity contribution in [1.82, 2.24) is 14.5 Å². The van der Waals surface area contributed by atoms with E-state index in [9.17, 15) is 8.78 Å². The van der Waals surface area contributed by atoms with Crippen molar-refractivity contribution in [2.45, 2.75) is 20.8 Å². The number of fused-ring (bicyclic) bond motifs is 1. The second-order valence-corrected chi connectivity index (χ2v) is 7.51. The molecular formula is C21H17BrF2N4. The lowest BCUT2D eigenvalue weighted by atomic mass is 10.2. The molecule has 4 aromatic rings. The standard InChI is InChI=1S/C21H17BrF2N4/c1-11-8-14(4-6-16(11)22)27-20-19-12(2)13(3)28(21(19)26-10-25-20)15-5-7-17(23)18(24)9-15/h4-10H,1-3H3,(H,25,26,27). The normalized spacial score (nSPS) is 11.2. The van der Waals surface area contributed by atoms with E-state index >= 15 is 0 Å². The van der Waals surface area contributed by atoms with Gasteiger partial charge in [0.25, 0.3) is 0 Å². The average Bonchev–Trinajstić information content (AvgIpc) is 2.92. The Morgan fingerprint density at radius 1 is 0.964 bits per heavy atom. The molecule has 0 aliphatic carbocycles. The van der Waals surface area contributed by atoms with Gasteiger partial charge < -0.3 is 5.32 Å². The summed E-state index contributed by atoms with van der Waals surface area (Å²) in [5, 5.41) is 4.19. The molecule has 28 heavy (non-hydrogen) atoms. The molecule has 0 aliphatic heterocycles. The summed E-state index contributed by atoms with van der Waals surface area (Å²) in [5.41, 5.74) is 5.00. The van der Waals surface area contributed by atoms with E-state index in [4.69, 9.17) is 0 Å². The van der Waals surface area contributed by atoms with Crippen LogP contribution in [0, 0.1) is 32.4 Å². The maximum atomic E-state index is 13.8. The number of anilines is 2. The summed E-state index contributed by atoms with van der Waals surface area (Å²) >= 11 is 3.50. The molecule has 7 heteroatoms. The fourth-order valence-corrected chi connectivity index (χ4v) is 3.54. The Balaban J connectivity index is 1.89. The Morgan fingerprint density at radius 3 is 2.46 bits per heavy atom. The number of hydrogen-bond acceptors (Lipinski definition) is 3. The average molecular weight is 443 g/mol. The van der Waals surface area contributed by atoms with Crippen LogP contribution in [0.3, 0.4) is 0 Å². The van der Waals surface area contributed by atoms with Crippen LogP contribution < -0.4 is 5.32 Å². The van der Waals surface area contributed by atoms with Crippen LogP contribution in [0.15, 0.2) is 47.2 Å². The number of aromatic nitrogens is 3. The summed E-state index contributed by atoms with van der Waals surface area (Å²) in [7, 11) is 0. The molecule has 0 spiro atoms. The van der Waals surface area contributed by atoms with Crippen molar-refractivity contribution in [3.8, 4) is 5.69 Å². The number of aryl methyl sites for hydroxylation is 2. The fourth-order valence-electron chi connectivity index (χ4n) is 3.29. The molecule has 0 bridgehead atoms. The Morgan fingerprint density at radius 2 is 1.75 bits per heavy atom. The summed E-state index contributed by atoms with van der Waals surface area (Å²) in [5.74, 6) is -1.11. The molecule has 4 rings (SSSR count). The molecule has 2 aromatic carbocycles. The van der Waals surface area contributed by atoms with E-state index in [0.717, 1.165) is 38.4 Å². The molecule has 0 saturated heterocycles. The smallest absolute Gasteiger partial charge is 0.160 e. The first-order valence-corrected chi connectivity index (χ1v) is 9.47. The second-order valence-electron chi connectivity index (χ2n) is 6.65. The molecular weight excluding hydrogens is 426 g/mol. The highest BCUT2D eigenvalue weighted by Crippen LogP contribution is 2.33. The van der Waals surface area contributed by atoms with Crippen LogP contribution in [0.2, 0.25) is 0 Å². The van der Waals surface area contributed by atoms with Crippen molar-refractivity contribution in [2.75, 3.05) is 5.32 Å². The third-order valence-corrected chi connectivity index (χ3v) is 5.76. The van der Waals surface area contributed by atoms with E-state index < -0.39 is 11.6 Å². The lowest BCUT2D eigenvalue weighted by Gasteiger charge is -2.10. The zero-order valence-corrected chi connectivity index (χ0v) is 17.1. The molecule has 0 radical (unpaired) electrons. The minimum absolute atomic E-state index is 0.513. The van der Waals surface area contributed by atoms with Crippen molar-refractivity contribution < 1.29 is 8.78 Å². The molecule has 0 atom stereocenters. The summed E-state index contributed by atoms with van der Waals surface area (Å²) in [6.45, 7) is 5.90. The summed E-state index contributed by atoms with van der Waals surface area (Å²) < 4.78 is 30.0. The van der Waals surface area contributed by atoms with Crippen molar-refractivity contribution in [3.05, 3.63) is 75.7 Å². The molecule has 142 valence electrons. The Bertz CT molecular complexity index is 1220. The van der Waals surface area contributed by atoms with Gasteiger partial charge in [-0.05, 0) is 62.2 Å². The highest BCUT2D eigenvalue weighted by molar-refractivity contribution is 9.10. The van der Waals surface area contributed by atoms with Crippen LogP contribution in [0.4, 0.5) is 20.3 Å². The zero-order valence-electron chi connectivity index (χ0n) is 15.5. The minimum atomic E-state index is -0.894. The van der Waals surface area contributed by atoms with Gasteiger partial charge in [0.05, 0.1) is 11.1 Å². The molecule has 2 heterocycles. The van der Waals surface area contributed by atoms with Crippen LogP contribution in [-0.4, -0.2) is 14.5 Å². The predicted octanol–water partition coefficient (Wildman–Crippen LogP) is 6.13. The molecule has 0 unspecified atom stereocenters. The minimum Gasteiger partial charge on any atom is -0.340 e. The number of nitrogens with one attached hydrogen (secondary N) is 1. The van der Waals surface area contributed by atoms with E-state index in [1.54, 1.807) is 0 Å². The first-order valence-electron chi connectivity index (χ1n) is 8.68. The van der Waals surface area contributed by atoms with E-state index in [2.05, 4.69) is 31.2 Å². The Kier molecular flexibility index (Phi) is 4.63. The van der Waals surface area contributed by atoms with Gasteiger partial charge in [-0.1, -0.05) is 15.9 Å². The van der Waals surface area contributed by atoms with Crippen LogP contribution in [0.1, 0.15) is 16.8 Å². The van der Waals surface area contributed by atoms with E-state index in [1.807, 2.05) is 43.5 Å². The van der Waals surface area contributed by atoms with Crippen molar-refractivity contribution in [3.63, 3.8) is 0 Å². The number of rotatable bonds is 3. The van der Waals surface area contributed by atoms with Gasteiger partial charge in [-0.3, -0.25) is 4.57 Å². The topological polar surface area (TPSA) is 42.7 Å². The largest absolute Gasteiger partial charge is 0.340 e. The third kappa shape index (κ3) is 3.05. The predicted molar refractivity (Wildman–Crippen MR) is 110 cm³/mol. The lowest BCUT2D eigenvalue weighted by Crippen LogP contribution is -2.01. The van der Waals surface area contributed by atoms with Gasteiger partial charge >= 0.3 is 0 Å². The second kappa shape index (κ2) is 6.98. The summed E-state index contributed by atoms with van der Waals surface area (Å²) in [6.07, 6.45) is 1.46. The van der Waals surface area contributed by atoms with Gasteiger partial charge in [0.15, 0.2) is 17.3 Å². The van der Waals surface area contributed by atoms with Crippen molar-refractivity contribution >= 4 is 38.5 Å². The quantitative estimate of drug-likeness (QED) is 0.414. The van der Waals surface area contributed by atoms with Crippen LogP contribution in [0.25, 0.3) is 16.7 Å². The van der Waals surface area contributed by atoms with Crippen LogP contribution >= 0.6 is 15.9 Å². The summed E-state index contributed by atoms with van der Waals surface area (Å²) in [4.78, 5) is 8.83. The van der Waals surface area contributed by atoms with E-state index in [0.29, 0.717) is 17.2 Å². The van der Waals surface area contributed by atoms with Gasteiger partial charge in [-0.2, -0.15) is 0 Å². The highest BCUT2D eigenvalue weighted by atomic mass is 79.9. The molecule has 2 aromatic heterocycles. The first-order chi connectivity index (χ1) is 13.4. The molecule has 1 N–H and O–H groups in total. The molecule has 0 amide bonds.